The van der Waals surface area contributed by atoms with Gasteiger partial charge in [-0.3, -0.25) is 4.79 Å². The van der Waals surface area contributed by atoms with Crippen molar-refractivity contribution < 1.29 is 14.4 Å². The molecular weight excluding hydrogens is 376 g/mol. The van der Waals surface area contributed by atoms with Crippen LogP contribution < -0.4 is 9.64 Å². The van der Waals surface area contributed by atoms with Crippen molar-refractivity contribution in [3.8, 4) is 22.6 Å². The number of amides is 1. The normalized spacial score (nSPS) is 10.7. The molecule has 0 unspecified atom stereocenters. The predicted molar refractivity (Wildman–Crippen MR) is 112 cm³/mol. The van der Waals surface area contributed by atoms with Crippen LogP contribution in [0.2, 0.25) is 5.02 Å². The van der Waals surface area contributed by atoms with Gasteiger partial charge < -0.3 is 14.5 Å². The lowest BCUT2D eigenvalue weighted by atomic mass is 10.1. The Balaban J connectivity index is 1.86. The second kappa shape index (κ2) is 9.06. The Morgan fingerprint density at radius 3 is 2.50 bits per heavy atom. The van der Waals surface area contributed by atoms with Crippen LogP contribution in [0.15, 0.2) is 78.0 Å². The highest BCUT2D eigenvalue weighted by atomic mass is 35.5. The molecule has 0 fully saturated rings. The lowest BCUT2D eigenvalue weighted by Crippen LogP contribution is -2.27. The maximum atomic E-state index is 12.2. The van der Waals surface area contributed by atoms with E-state index in [0.29, 0.717) is 22.2 Å². The van der Waals surface area contributed by atoms with Gasteiger partial charge in [0, 0.05) is 12.1 Å². The SMILES string of the molecule is CON=CC(=O)N(C)c1ccccc1Oc1cccc(-c2ccc(Cl)cc2)c1. The number of ether oxygens (including phenoxy) is 1. The lowest BCUT2D eigenvalue weighted by molar-refractivity contribution is -0.112. The summed E-state index contributed by atoms with van der Waals surface area (Å²) >= 11 is 5.97. The van der Waals surface area contributed by atoms with Crippen LogP contribution in [-0.4, -0.2) is 26.3 Å². The Bertz CT molecular complexity index is 987. The quantitative estimate of drug-likeness (QED) is 0.415. The van der Waals surface area contributed by atoms with E-state index < -0.39 is 0 Å². The van der Waals surface area contributed by atoms with Gasteiger partial charge >= 0.3 is 0 Å². The average molecular weight is 395 g/mol. The molecule has 0 aliphatic heterocycles. The number of anilines is 1. The van der Waals surface area contributed by atoms with Crippen LogP contribution in [0.3, 0.4) is 0 Å². The summed E-state index contributed by atoms with van der Waals surface area (Å²) in [7, 11) is 3.03. The average Bonchev–Trinajstić information content (AvgIpc) is 2.72. The van der Waals surface area contributed by atoms with Crippen LogP contribution in [-0.2, 0) is 9.63 Å². The molecule has 3 rings (SSSR count). The maximum Gasteiger partial charge on any atom is 0.272 e. The number of benzene rings is 3. The Kier molecular flexibility index (Phi) is 6.29. The second-order valence-electron chi connectivity index (χ2n) is 5.92. The van der Waals surface area contributed by atoms with Gasteiger partial charge in [0.25, 0.3) is 5.91 Å². The number of para-hydroxylation sites is 2. The number of carbonyl (C=O) groups excluding carboxylic acids is 1. The van der Waals surface area contributed by atoms with Crippen LogP contribution in [0, 0.1) is 0 Å². The highest BCUT2D eigenvalue weighted by Crippen LogP contribution is 2.33. The van der Waals surface area contributed by atoms with E-state index in [-0.39, 0.29) is 5.91 Å². The Morgan fingerprint density at radius 1 is 1.00 bits per heavy atom. The van der Waals surface area contributed by atoms with Gasteiger partial charge in [0.05, 0.1) is 5.69 Å². The first kappa shape index (κ1) is 19.5. The molecule has 0 atom stereocenters. The van der Waals surface area contributed by atoms with Crippen molar-refractivity contribution in [3.05, 3.63) is 77.8 Å². The van der Waals surface area contributed by atoms with E-state index in [2.05, 4.69) is 9.99 Å². The zero-order chi connectivity index (χ0) is 19.9. The first-order valence-electron chi connectivity index (χ1n) is 8.55. The van der Waals surface area contributed by atoms with Crippen LogP contribution in [0.1, 0.15) is 0 Å². The van der Waals surface area contributed by atoms with E-state index >= 15 is 0 Å². The van der Waals surface area contributed by atoms with Crippen molar-refractivity contribution in [2.45, 2.75) is 0 Å². The van der Waals surface area contributed by atoms with Gasteiger partial charge in [-0.1, -0.05) is 53.2 Å². The smallest absolute Gasteiger partial charge is 0.272 e. The summed E-state index contributed by atoms with van der Waals surface area (Å²) in [4.78, 5) is 18.2. The number of halogens is 1. The molecule has 0 saturated heterocycles. The molecule has 0 bridgehead atoms. The van der Waals surface area contributed by atoms with Crippen LogP contribution in [0.25, 0.3) is 11.1 Å². The summed E-state index contributed by atoms with van der Waals surface area (Å²) in [5, 5.41) is 4.21. The highest BCUT2D eigenvalue weighted by Gasteiger charge is 2.14. The summed E-state index contributed by atoms with van der Waals surface area (Å²) in [5.74, 6) is 0.886. The van der Waals surface area contributed by atoms with Gasteiger partial charge in [0.1, 0.15) is 19.1 Å². The maximum absolute atomic E-state index is 12.2. The Labute approximate surface area is 168 Å². The van der Waals surface area contributed by atoms with E-state index in [4.69, 9.17) is 16.3 Å². The molecule has 0 aliphatic rings. The number of nitrogens with zero attached hydrogens (tertiary/aromatic N) is 2. The number of hydrogen-bond donors (Lipinski definition) is 0. The monoisotopic (exact) mass is 394 g/mol. The van der Waals surface area contributed by atoms with Crippen molar-refractivity contribution in [2.24, 2.45) is 5.16 Å². The second-order valence-corrected chi connectivity index (χ2v) is 6.36. The number of oxime groups is 1. The molecule has 28 heavy (non-hydrogen) atoms. The molecule has 0 saturated carbocycles. The predicted octanol–water partition coefficient (Wildman–Crippen LogP) is 5.39. The largest absolute Gasteiger partial charge is 0.455 e. The zero-order valence-corrected chi connectivity index (χ0v) is 16.3. The molecular formula is C22H19ClN2O3. The minimum Gasteiger partial charge on any atom is -0.455 e. The number of hydrogen-bond acceptors (Lipinski definition) is 4. The minimum atomic E-state index is -0.326. The summed E-state index contributed by atoms with van der Waals surface area (Å²) in [6.45, 7) is 0. The summed E-state index contributed by atoms with van der Waals surface area (Å²) in [6.07, 6.45) is 1.11. The van der Waals surface area contributed by atoms with Gasteiger partial charge in [-0.15, -0.1) is 0 Å². The fraction of sp³-hybridized carbons (Fsp3) is 0.0909. The van der Waals surface area contributed by atoms with Crippen molar-refractivity contribution in [3.63, 3.8) is 0 Å². The van der Waals surface area contributed by atoms with Crippen molar-refractivity contribution in [2.75, 3.05) is 19.1 Å². The summed E-state index contributed by atoms with van der Waals surface area (Å²) in [6, 6.07) is 22.6. The first-order chi connectivity index (χ1) is 13.6. The van der Waals surface area contributed by atoms with Gasteiger partial charge in [0.2, 0.25) is 0 Å². The van der Waals surface area contributed by atoms with Gasteiger partial charge in [-0.05, 0) is 47.5 Å². The van der Waals surface area contributed by atoms with E-state index in [1.54, 1.807) is 13.1 Å². The standard InChI is InChI=1S/C22H19ClN2O3/c1-25(22(26)15-24-27-2)20-8-3-4-9-21(20)28-19-7-5-6-17(14-19)16-10-12-18(23)13-11-16/h3-15H,1-2H3. The number of carbonyl (C=O) groups is 1. The first-order valence-corrected chi connectivity index (χ1v) is 8.93. The van der Waals surface area contributed by atoms with E-state index in [1.807, 2.05) is 66.7 Å². The molecule has 1 amide bonds. The van der Waals surface area contributed by atoms with Crippen molar-refractivity contribution in [1.82, 2.24) is 0 Å². The molecule has 0 radical (unpaired) electrons. The zero-order valence-electron chi connectivity index (χ0n) is 15.5. The fourth-order valence-corrected chi connectivity index (χ4v) is 2.76. The third kappa shape index (κ3) is 4.69. The summed E-state index contributed by atoms with van der Waals surface area (Å²) in [5.41, 5.74) is 2.65. The molecule has 0 heterocycles. The fourth-order valence-electron chi connectivity index (χ4n) is 2.63. The van der Waals surface area contributed by atoms with Gasteiger partial charge in [-0.25, -0.2) is 0 Å². The van der Waals surface area contributed by atoms with Gasteiger partial charge in [-0.2, -0.15) is 0 Å². The molecule has 3 aromatic carbocycles. The van der Waals surface area contributed by atoms with Gasteiger partial charge in [0.15, 0.2) is 5.75 Å². The third-order valence-corrected chi connectivity index (χ3v) is 4.32. The third-order valence-electron chi connectivity index (χ3n) is 4.07. The van der Waals surface area contributed by atoms with E-state index in [0.717, 1.165) is 17.3 Å². The topological polar surface area (TPSA) is 51.1 Å². The molecule has 0 aliphatic carbocycles. The Hall–Kier alpha value is -3.31. The van der Waals surface area contributed by atoms with E-state index in [1.165, 1.54) is 12.0 Å². The number of rotatable bonds is 6. The molecule has 0 spiro atoms. The van der Waals surface area contributed by atoms with Crippen LogP contribution >= 0.6 is 11.6 Å². The molecule has 6 heteroatoms. The van der Waals surface area contributed by atoms with Crippen LogP contribution in [0.5, 0.6) is 11.5 Å². The highest BCUT2D eigenvalue weighted by molar-refractivity contribution is 6.32. The minimum absolute atomic E-state index is 0.326. The molecule has 5 nitrogen and oxygen atoms in total. The molecule has 3 aromatic rings. The Morgan fingerprint density at radius 2 is 1.75 bits per heavy atom. The van der Waals surface area contributed by atoms with Crippen molar-refractivity contribution in [1.29, 1.82) is 0 Å². The molecule has 142 valence electrons. The lowest BCUT2D eigenvalue weighted by Gasteiger charge is -2.19. The summed E-state index contributed by atoms with van der Waals surface area (Å²) < 4.78 is 6.08. The van der Waals surface area contributed by atoms with E-state index in [9.17, 15) is 4.79 Å². The molecule has 0 aromatic heterocycles. The van der Waals surface area contributed by atoms with Crippen molar-refractivity contribution >= 4 is 29.4 Å². The van der Waals surface area contributed by atoms with Crippen LogP contribution in [0.4, 0.5) is 5.69 Å². The molecule has 0 N–H and O–H groups in total.